The topological polar surface area (TPSA) is 93.0 Å². The number of aromatic nitrogens is 2. The Balaban J connectivity index is 0.868. The average Bonchev–Trinajstić information content (AvgIpc) is 3.79. The summed E-state index contributed by atoms with van der Waals surface area (Å²) in [5.74, 6) is 1.56. The molecule has 6 aromatic rings. The number of ether oxygens (including phenoxy) is 2. The molecule has 0 fully saturated rings. The fourth-order valence-electron chi connectivity index (χ4n) is 4.18. The lowest BCUT2D eigenvalue weighted by Gasteiger charge is -2.04. The third-order valence-electron chi connectivity index (χ3n) is 6.51. The van der Waals surface area contributed by atoms with Crippen molar-refractivity contribution >= 4 is 45.4 Å². The molecule has 0 bridgehead atoms. The van der Waals surface area contributed by atoms with E-state index in [-0.39, 0.29) is 0 Å². The number of anilines is 2. The number of nitrogens with one attached hydrogen (secondary N) is 2. The molecule has 0 aliphatic heterocycles. The van der Waals surface area contributed by atoms with Crippen LogP contribution in [0.3, 0.4) is 0 Å². The first-order valence-corrected chi connectivity index (χ1v) is 16.3. The maximum atomic E-state index is 5.81. The minimum absolute atomic E-state index is 0.445. The van der Waals surface area contributed by atoms with Crippen molar-refractivity contribution in [2.75, 3.05) is 24.1 Å². The number of rotatable bonds is 14. The number of hydrazone groups is 2. The molecule has 0 unspecified atom stereocenters. The summed E-state index contributed by atoms with van der Waals surface area (Å²) in [7, 11) is 0. The van der Waals surface area contributed by atoms with Gasteiger partial charge in [-0.3, -0.25) is 10.9 Å². The molecule has 2 N–H and O–H groups in total. The lowest BCUT2D eigenvalue weighted by atomic mass is 10.2. The molecular weight excluding hydrogens is 613 g/mol. The van der Waals surface area contributed by atoms with Crippen molar-refractivity contribution in [1.29, 1.82) is 0 Å². The van der Waals surface area contributed by atoms with Crippen molar-refractivity contribution in [2.45, 2.75) is 0 Å². The van der Waals surface area contributed by atoms with Crippen molar-refractivity contribution in [3.63, 3.8) is 0 Å². The largest absolute Gasteiger partial charge is 0.490 e. The molecule has 0 aliphatic carbocycles. The smallest absolute Gasteiger partial charge is 0.203 e. The Kier molecular flexibility index (Phi) is 10.5. The first-order chi connectivity index (χ1) is 22.8. The van der Waals surface area contributed by atoms with Gasteiger partial charge in [0.05, 0.1) is 23.8 Å². The summed E-state index contributed by atoms with van der Waals surface area (Å²) in [5.41, 5.74) is 11.9. The normalized spacial score (nSPS) is 11.4. The third-order valence-corrected chi connectivity index (χ3v) is 8.01. The molecule has 0 aliphatic rings. The van der Waals surface area contributed by atoms with Crippen LogP contribution < -0.4 is 20.3 Å². The molecule has 0 radical (unpaired) electrons. The second-order valence-electron chi connectivity index (χ2n) is 9.78. The Morgan fingerprint density at radius 2 is 0.957 bits per heavy atom. The van der Waals surface area contributed by atoms with E-state index in [1.807, 2.05) is 132 Å². The molecule has 0 amide bonds. The molecule has 0 atom stereocenters. The van der Waals surface area contributed by atoms with Gasteiger partial charge in [-0.05, 0) is 71.8 Å². The van der Waals surface area contributed by atoms with Crippen LogP contribution in [0.2, 0.25) is 0 Å². The first-order valence-electron chi connectivity index (χ1n) is 14.5. The highest BCUT2D eigenvalue weighted by molar-refractivity contribution is 7.14. The van der Waals surface area contributed by atoms with Crippen molar-refractivity contribution in [3.05, 3.63) is 143 Å². The van der Waals surface area contributed by atoms with Gasteiger partial charge >= 0.3 is 0 Å². The van der Waals surface area contributed by atoms with E-state index in [2.05, 4.69) is 31.0 Å². The molecule has 6 rings (SSSR count). The monoisotopic (exact) mass is 642 g/mol. The van der Waals surface area contributed by atoms with Gasteiger partial charge in [-0.15, -0.1) is 22.7 Å². The average molecular weight is 643 g/mol. The third kappa shape index (κ3) is 8.98. The van der Waals surface area contributed by atoms with E-state index in [9.17, 15) is 0 Å². The molecule has 2 aromatic heterocycles. The summed E-state index contributed by atoms with van der Waals surface area (Å²) in [4.78, 5) is 9.15. The summed E-state index contributed by atoms with van der Waals surface area (Å²) in [6.07, 6.45) is 7.38. The van der Waals surface area contributed by atoms with Crippen molar-refractivity contribution in [1.82, 2.24) is 9.97 Å². The van der Waals surface area contributed by atoms with Crippen LogP contribution in [0.5, 0.6) is 11.5 Å². The Labute approximate surface area is 275 Å². The van der Waals surface area contributed by atoms with Crippen LogP contribution in [0.15, 0.2) is 142 Å². The molecule has 10 heteroatoms. The van der Waals surface area contributed by atoms with Crippen LogP contribution in [-0.4, -0.2) is 35.6 Å². The van der Waals surface area contributed by atoms with Crippen LogP contribution >= 0.6 is 22.7 Å². The van der Waals surface area contributed by atoms with E-state index in [4.69, 9.17) is 9.47 Å². The molecule has 0 spiro atoms. The summed E-state index contributed by atoms with van der Waals surface area (Å²) in [5, 5.41) is 14.1. The number of hydrogen-bond donors (Lipinski definition) is 2. The van der Waals surface area contributed by atoms with Crippen LogP contribution in [0.25, 0.3) is 22.5 Å². The maximum absolute atomic E-state index is 5.81. The molecule has 8 nitrogen and oxygen atoms in total. The maximum Gasteiger partial charge on any atom is 0.203 e. The highest BCUT2D eigenvalue weighted by Gasteiger charge is 2.04. The van der Waals surface area contributed by atoms with Gasteiger partial charge in [-0.1, -0.05) is 60.7 Å². The van der Waals surface area contributed by atoms with E-state index in [0.717, 1.165) is 55.4 Å². The summed E-state index contributed by atoms with van der Waals surface area (Å²) in [6.45, 7) is 0.890. The Bertz CT molecular complexity index is 1750. The van der Waals surface area contributed by atoms with Crippen molar-refractivity contribution in [3.8, 4) is 34.0 Å². The Morgan fingerprint density at radius 3 is 1.37 bits per heavy atom. The van der Waals surface area contributed by atoms with E-state index in [0.29, 0.717) is 13.2 Å². The number of thiazole rings is 2. The van der Waals surface area contributed by atoms with Crippen LogP contribution in [0, 0.1) is 0 Å². The van der Waals surface area contributed by atoms with E-state index >= 15 is 0 Å². The number of hydrogen-bond acceptors (Lipinski definition) is 10. The minimum Gasteiger partial charge on any atom is -0.490 e. The van der Waals surface area contributed by atoms with Crippen LogP contribution in [0.4, 0.5) is 10.3 Å². The molecule has 4 aromatic carbocycles. The Hall–Kier alpha value is -5.58. The number of nitrogens with zero attached hydrogens (tertiary/aromatic N) is 4. The van der Waals surface area contributed by atoms with Crippen molar-refractivity contribution < 1.29 is 9.47 Å². The van der Waals surface area contributed by atoms with Crippen LogP contribution in [-0.2, 0) is 0 Å². The van der Waals surface area contributed by atoms with Gasteiger partial charge in [0.25, 0.3) is 0 Å². The second-order valence-corrected chi connectivity index (χ2v) is 11.5. The lowest BCUT2D eigenvalue weighted by molar-refractivity contribution is 0.350. The SMILES string of the molecule is C(=C\COc1ccc(/C=N/Nc2nc(-c3ccccc3)cs2)cc1)/COc1ccc(/C=N/Nc2nc(-c3ccccc3)cs2)cc1. The lowest BCUT2D eigenvalue weighted by Crippen LogP contribution is -1.97. The highest BCUT2D eigenvalue weighted by atomic mass is 32.1. The standard InChI is InChI=1S/C36H30N6O2S2/c1-3-9-29(10-4-1)33-25-45-35(39-33)41-37-23-27-13-17-31(18-14-27)43-21-7-8-22-44-32-19-15-28(16-20-32)24-38-42-36-40-34(26-46-36)30-11-5-2-6-12-30/h1-20,23-26H,21-22H2,(H,39,41)(H,40,42)/b8-7+,37-23+,38-24+. The summed E-state index contributed by atoms with van der Waals surface area (Å²) < 4.78 is 11.6. The summed E-state index contributed by atoms with van der Waals surface area (Å²) >= 11 is 3.04. The van der Waals surface area contributed by atoms with Gasteiger partial charge in [0.2, 0.25) is 10.3 Å². The van der Waals surface area contributed by atoms with Gasteiger partial charge in [-0.2, -0.15) is 10.2 Å². The van der Waals surface area contributed by atoms with Gasteiger partial charge in [0.1, 0.15) is 24.7 Å². The fraction of sp³-hybridized carbons (Fsp3) is 0.0556. The fourth-order valence-corrected chi connectivity index (χ4v) is 5.52. The molecule has 46 heavy (non-hydrogen) atoms. The van der Waals surface area contributed by atoms with Gasteiger partial charge in [0.15, 0.2) is 0 Å². The van der Waals surface area contributed by atoms with E-state index in [1.54, 1.807) is 12.4 Å². The Morgan fingerprint density at radius 1 is 0.543 bits per heavy atom. The van der Waals surface area contributed by atoms with Gasteiger partial charge in [0, 0.05) is 21.9 Å². The zero-order valence-corrected chi connectivity index (χ0v) is 26.3. The van der Waals surface area contributed by atoms with E-state index in [1.165, 1.54) is 22.7 Å². The molecule has 0 saturated carbocycles. The molecule has 0 saturated heterocycles. The predicted molar refractivity (Wildman–Crippen MR) is 191 cm³/mol. The van der Waals surface area contributed by atoms with Gasteiger partial charge in [-0.25, -0.2) is 9.97 Å². The van der Waals surface area contributed by atoms with E-state index < -0.39 is 0 Å². The highest BCUT2D eigenvalue weighted by Crippen LogP contribution is 2.25. The van der Waals surface area contributed by atoms with Crippen LogP contribution in [0.1, 0.15) is 11.1 Å². The van der Waals surface area contributed by atoms with Gasteiger partial charge < -0.3 is 9.47 Å². The zero-order chi connectivity index (χ0) is 31.2. The summed E-state index contributed by atoms with van der Waals surface area (Å²) in [6, 6.07) is 35.6. The molecule has 228 valence electrons. The van der Waals surface area contributed by atoms with Crippen molar-refractivity contribution in [2.24, 2.45) is 10.2 Å². The predicted octanol–water partition coefficient (Wildman–Crippen LogP) is 8.84. The molecular formula is C36H30N6O2S2. The molecule has 2 heterocycles. The minimum atomic E-state index is 0.445. The quantitative estimate of drug-likeness (QED) is 0.0701. The number of benzene rings is 4. The zero-order valence-electron chi connectivity index (χ0n) is 24.7. The second kappa shape index (κ2) is 15.9. The first kappa shape index (κ1) is 30.4.